The van der Waals surface area contributed by atoms with Crippen molar-refractivity contribution in [1.29, 1.82) is 0 Å². The Morgan fingerprint density at radius 3 is 2.73 bits per heavy atom. The Bertz CT molecular complexity index is 1620. The van der Waals surface area contributed by atoms with Crippen LogP contribution in [0, 0.1) is 11.6 Å². The molecule has 1 amide bonds. The lowest BCUT2D eigenvalue weighted by Gasteiger charge is -2.20. The van der Waals surface area contributed by atoms with Gasteiger partial charge in [0.2, 0.25) is 0 Å². The molecular weight excluding hydrogens is 474 g/mol. The van der Waals surface area contributed by atoms with E-state index in [4.69, 9.17) is 4.74 Å². The molecule has 0 N–H and O–H groups in total. The van der Waals surface area contributed by atoms with E-state index in [0.29, 0.717) is 50.3 Å². The minimum atomic E-state index is -0.635. The summed E-state index contributed by atoms with van der Waals surface area (Å²) in [6.45, 7) is 1.99. The monoisotopic (exact) mass is 498 g/mol. The van der Waals surface area contributed by atoms with Crippen LogP contribution in [0.15, 0.2) is 73.2 Å². The molecule has 2 aromatic carbocycles. The number of aromatic nitrogens is 3. The maximum absolute atomic E-state index is 15.1. The van der Waals surface area contributed by atoms with Gasteiger partial charge in [0.1, 0.15) is 5.82 Å². The van der Waals surface area contributed by atoms with E-state index in [0.717, 1.165) is 22.2 Å². The first kappa shape index (κ1) is 23.2. The van der Waals surface area contributed by atoms with Gasteiger partial charge in [-0.2, -0.15) is 0 Å². The van der Waals surface area contributed by atoms with Crippen LogP contribution < -0.4 is 0 Å². The molecule has 0 atom stereocenters. The molecule has 0 spiro atoms. The summed E-state index contributed by atoms with van der Waals surface area (Å²) in [5.41, 5.74) is 3.93. The quantitative estimate of drug-likeness (QED) is 0.338. The molecule has 3 aromatic heterocycles. The van der Waals surface area contributed by atoms with Crippen LogP contribution in [-0.2, 0) is 11.2 Å². The average molecular weight is 499 g/mol. The first-order chi connectivity index (χ1) is 18.1. The normalized spacial score (nSPS) is 14.3. The molecule has 0 radical (unpaired) electrons. The number of hydrogen-bond acceptors (Lipinski definition) is 4. The van der Waals surface area contributed by atoms with Crippen molar-refractivity contribution in [2.75, 3.05) is 26.3 Å². The highest BCUT2D eigenvalue weighted by atomic mass is 19.1. The number of hydrogen-bond donors (Lipinski definition) is 0. The van der Waals surface area contributed by atoms with Gasteiger partial charge in [-0.15, -0.1) is 0 Å². The van der Waals surface area contributed by atoms with Crippen molar-refractivity contribution in [1.82, 2.24) is 19.3 Å². The lowest BCUT2D eigenvalue weighted by molar-refractivity contribution is 0.0736. The van der Waals surface area contributed by atoms with Crippen LogP contribution in [0.5, 0.6) is 0 Å². The molecular formula is C29H24F2N4O2. The van der Waals surface area contributed by atoms with Crippen LogP contribution in [0.4, 0.5) is 8.78 Å². The molecule has 0 saturated carbocycles. The van der Waals surface area contributed by atoms with Crippen LogP contribution in [0.25, 0.3) is 27.7 Å². The Labute approximate surface area is 212 Å². The van der Waals surface area contributed by atoms with Crippen LogP contribution >= 0.6 is 0 Å². The number of carbonyl (C=O) groups is 1. The SMILES string of the molecule is O=C(c1ccc(-c2cc(F)c3ncc(Cc4ccc5ncccc5c4)n3c2)cc1F)N1CCCOCC1. The topological polar surface area (TPSA) is 59.7 Å². The fourth-order valence-electron chi connectivity index (χ4n) is 4.81. The molecule has 4 heterocycles. The summed E-state index contributed by atoms with van der Waals surface area (Å²) in [4.78, 5) is 23.1. The molecule has 37 heavy (non-hydrogen) atoms. The summed E-state index contributed by atoms with van der Waals surface area (Å²) >= 11 is 0. The van der Waals surface area contributed by atoms with Gasteiger partial charge < -0.3 is 14.0 Å². The molecule has 186 valence electrons. The first-order valence-corrected chi connectivity index (χ1v) is 12.2. The number of ether oxygens (including phenoxy) is 1. The van der Waals surface area contributed by atoms with Crippen molar-refractivity contribution in [3.8, 4) is 11.1 Å². The lowest BCUT2D eigenvalue weighted by atomic mass is 10.0. The fourth-order valence-corrected chi connectivity index (χ4v) is 4.81. The Hall–Kier alpha value is -4.17. The highest BCUT2D eigenvalue weighted by molar-refractivity contribution is 5.95. The van der Waals surface area contributed by atoms with Crippen LogP contribution in [0.2, 0.25) is 0 Å². The van der Waals surface area contributed by atoms with E-state index >= 15 is 8.78 Å². The minimum absolute atomic E-state index is 0.00122. The third-order valence-corrected chi connectivity index (χ3v) is 6.73. The van der Waals surface area contributed by atoms with Crippen LogP contribution in [0.3, 0.4) is 0 Å². The second-order valence-electron chi connectivity index (χ2n) is 9.18. The van der Waals surface area contributed by atoms with Crippen molar-refractivity contribution >= 4 is 22.5 Å². The Kier molecular flexibility index (Phi) is 6.10. The summed E-state index contributed by atoms with van der Waals surface area (Å²) in [7, 11) is 0. The summed E-state index contributed by atoms with van der Waals surface area (Å²) in [5.74, 6) is -1.50. The van der Waals surface area contributed by atoms with E-state index in [1.807, 2.05) is 24.3 Å². The second-order valence-corrected chi connectivity index (χ2v) is 9.18. The molecule has 5 aromatic rings. The van der Waals surface area contributed by atoms with E-state index in [-0.39, 0.29) is 17.1 Å². The van der Waals surface area contributed by atoms with Gasteiger partial charge in [-0.25, -0.2) is 13.8 Å². The molecule has 8 heteroatoms. The van der Waals surface area contributed by atoms with E-state index in [1.165, 1.54) is 18.2 Å². The van der Waals surface area contributed by atoms with Crippen molar-refractivity contribution < 1.29 is 18.3 Å². The van der Waals surface area contributed by atoms with Gasteiger partial charge in [-0.3, -0.25) is 9.78 Å². The maximum atomic E-state index is 15.1. The number of rotatable bonds is 4. The Morgan fingerprint density at radius 1 is 0.946 bits per heavy atom. The van der Waals surface area contributed by atoms with Gasteiger partial charge >= 0.3 is 0 Å². The summed E-state index contributed by atoms with van der Waals surface area (Å²) in [5, 5.41) is 1.03. The number of imidazole rings is 1. The zero-order valence-corrected chi connectivity index (χ0v) is 20.0. The highest BCUT2D eigenvalue weighted by Crippen LogP contribution is 2.27. The summed E-state index contributed by atoms with van der Waals surface area (Å²) < 4.78 is 37.2. The zero-order chi connectivity index (χ0) is 25.4. The summed E-state index contributed by atoms with van der Waals surface area (Å²) in [6, 6.07) is 15.7. The number of fused-ring (bicyclic) bond motifs is 2. The molecule has 1 fully saturated rings. The largest absolute Gasteiger partial charge is 0.380 e. The van der Waals surface area contributed by atoms with E-state index in [1.54, 1.807) is 34.0 Å². The fraction of sp³-hybridized carbons (Fsp3) is 0.207. The van der Waals surface area contributed by atoms with E-state index in [2.05, 4.69) is 16.0 Å². The van der Waals surface area contributed by atoms with Gasteiger partial charge in [0.05, 0.1) is 17.7 Å². The maximum Gasteiger partial charge on any atom is 0.256 e. The molecule has 1 saturated heterocycles. The number of carbonyl (C=O) groups excluding carboxylic acids is 1. The standard InChI is InChI=1S/C29H24F2N4O2/c30-25-15-20(5-6-24(25)29(36)34-9-2-11-37-12-10-34)22-16-26(31)28-33-17-23(35(28)18-22)14-19-4-7-27-21(13-19)3-1-8-32-27/h1,3-8,13,15-18H,2,9-12,14H2. The second kappa shape index (κ2) is 9.71. The van der Waals surface area contributed by atoms with Gasteiger partial charge in [-0.1, -0.05) is 18.2 Å². The van der Waals surface area contributed by atoms with Crippen molar-refractivity contribution in [2.45, 2.75) is 12.8 Å². The van der Waals surface area contributed by atoms with Gasteiger partial charge in [0.15, 0.2) is 11.5 Å². The predicted octanol–water partition coefficient (Wildman–Crippen LogP) is 5.28. The number of amides is 1. The highest BCUT2D eigenvalue weighted by Gasteiger charge is 2.21. The van der Waals surface area contributed by atoms with Crippen LogP contribution in [-0.4, -0.2) is 51.5 Å². The van der Waals surface area contributed by atoms with Crippen molar-refractivity contribution in [3.63, 3.8) is 0 Å². The number of benzene rings is 2. The number of pyridine rings is 2. The van der Waals surface area contributed by atoms with E-state index in [9.17, 15) is 4.79 Å². The van der Waals surface area contributed by atoms with Gasteiger partial charge in [0, 0.05) is 61.4 Å². The minimum Gasteiger partial charge on any atom is -0.380 e. The predicted molar refractivity (Wildman–Crippen MR) is 136 cm³/mol. The average Bonchev–Trinajstić information content (AvgIpc) is 3.12. The third kappa shape index (κ3) is 4.56. The third-order valence-electron chi connectivity index (χ3n) is 6.73. The molecule has 6 rings (SSSR count). The molecule has 0 aliphatic carbocycles. The Morgan fingerprint density at radius 2 is 1.84 bits per heavy atom. The van der Waals surface area contributed by atoms with Gasteiger partial charge in [0.25, 0.3) is 5.91 Å². The number of nitrogens with zero attached hydrogens (tertiary/aromatic N) is 4. The molecule has 1 aliphatic rings. The van der Waals surface area contributed by atoms with Crippen molar-refractivity contribution in [3.05, 3.63) is 102 Å². The van der Waals surface area contributed by atoms with Crippen molar-refractivity contribution in [2.24, 2.45) is 0 Å². The smallest absolute Gasteiger partial charge is 0.256 e. The molecule has 0 bridgehead atoms. The van der Waals surface area contributed by atoms with Gasteiger partial charge in [-0.05, 0) is 53.9 Å². The van der Waals surface area contributed by atoms with Crippen LogP contribution in [0.1, 0.15) is 28.0 Å². The summed E-state index contributed by atoms with van der Waals surface area (Å²) in [6.07, 6.45) is 6.42. The lowest BCUT2D eigenvalue weighted by Crippen LogP contribution is -2.33. The zero-order valence-electron chi connectivity index (χ0n) is 20.0. The van der Waals surface area contributed by atoms with E-state index < -0.39 is 11.6 Å². The first-order valence-electron chi connectivity index (χ1n) is 12.2. The molecule has 6 nitrogen and oxygen atoms in total. The molecule has 1 aliphatic heterocycles. The number of halogens is 2. The molecule has 0 unspecified atom stereocenters. The Balaban J connectivity index is 1.31.